The summed E-state index contributed by atoms with van der Waals surface area (Å²) in [5.74, 6) is 0.379. The zero-order valence-electron chi connectivity index (χ0n) is 11.6. The Hall–Kier alpha value is -1.93. The van der Waals surface area contributed by atoms with Crippen LogP contribution in [0.5, 0.6) is 0 Å². The Morgan fingerprint density at radius 2 is 2.14 bits per heavy atom. The molecule has 2 N–H and O–H groups in total. The van der Waals surface area contributed by atoms with Gasteiger partial charge in [-0.1, -0.05) is 11.3 Å². The van der Waals surface area contributed by atoms with Crippen molar-refractivity contribution in [2.45, 2.75) is 6.42 Å². The van der Waals surface area contributed by atoms with Crippen molar-refractivity contribution in [1.29, 1.82) is 0 Å². The third-order valence-corrected chi connectivity index (χ3v) is 4.33. The molecule has 0 atom stereocenters. The van der Waals surface area contributed by atoms with Crippen molar-refractivity contribution in [3.63, 3.8) is 0 Å². The van der Waals surface area contributed by atoms with E-state index in [9.17, 15) is 4.79 Å². The molecule has 2 aromatic rings. The number of hydrogen-bond acceptors (Lipinski definition) is 7. The topological polar surface area (TPSA) is 88.5 Å². The van der Waals surface area contributed by atoms with Gasteiger partial charge in [-0.15, -0.1) is 10.2 Å². The maximum Gasteiger partial charge on any atom is 0.289 e. The molecule has 3 rings (SSSR count). The first kappa shape index (κ1) is 14.0. The molecule has 1 amide bonds. The number of carbonyl (C=O) groups is 1. The van der Waals surface area contributed by atoms with E-state index in [0.29, 0.717) is 10.9 Å². The van der Waals surface area contributed by atoms with E-state index in [0.717, 1.165) is 44.2 Å². The first-order valence-corrected chi connectivity index (χ1v) is 7.67. The molecule has 0 spiro atoms. The fourth-order valence-electron chi connectivity index (χ4n) is 2.35. The maximum atomic E-state index is 12.1. The van der Waals surface area contributed by atoms with Crippen LogP contribution in [0, 0.1) is 0 Å². The lowest BCUT2D eigenvalue weighted by atomic mass is 10.2. The summed E-state index contributed by atoms with van der Waals surface area (Å²) in [6, 6.07) is 3.44. The highest BCUT2D eigenvalue weighted by atomic mass is 32.1. The van der Waals surface area contributed by atoms with Gasteiger partial charge in [0, 0.05) is 39.1 Å². The molecule has 3 heterocycles. The Bertz CT molecular complexity index is 589. The van der Waals surface area contributed by atoms with E-state index >= 15 is 0 Å². The van der Waals surface area contributed by atoms with E-state index in [-0.39, 0.29) is 5.91 Å². The lowest BCUT2D eigenvalue weighted by Gasteiger charge is -2.34. The third-order valence-electron chi connectivity index (χ3n) is 3.52. The zero-order chi connectivity index (χ0) is 14.7. The summed E-state index contributed by atoms with van der Waals surface area (Å²) in [5.41, 5.74) is 5.56. The van der Waals surface area contributed by atoms with Gasteiger partial charge in [0.15, 0.2) is 5.76 Å². The minimum absolute atomic E-state index is 0.0310. The van der Waals surface area contributed by atoms with Crippen LogP contribution in [0.25, 0.3) is 0 Å². The number of furan rings is 1. The fourth-order valence-corrected chi connectivity index (χ4v) is 2.95. The average molecular weight is 307 g/mol. The predicted octanol–water partition coefficient (Wildman–Crippen LogP) is 0.714. The molecule has 21 heavy (non-hydrogen) atoms. The summed E-state index contributed by atoms with van der Waals surface area (Å²) < 4.78 is 5.15. The van der Waals surface area contributed by atoms with Crippen LogP contribution in [-0.4, -0.2) is 58.6 Å². The molecule has 1 fully saturated rings. The van der Waals surface area contributed by atoms with Crippen LogP contribution in [-0.2, 0) is 6.42 Å². The van der Waals surface area contributed by atoms with Gasteiger partial charge >= 0.3 is 0 Å². The van der Waals surface area contributed by atoms with Gasteiger partial charge in [0.1, 0.15) is 5.01 Å². The van der Waals surface area contributed by atoms with Crippen LogP contribution in [0.3, 0.4) is 0 Å². The smallest absolute Gasteiger partial charge is 0.289 e. The molecular weight excluding hydrogens is 290 g/mol. The fraction of sp³-hybridized carbons (Fsp3) is 0.462. The summed E-state index contributed by atoms with van der Waals surface area (Å²) in [4.78, 5) is 16.3. The van der Waals surface area contributed by atoms with Crippen molar-refractivity contribution in [3.05, 3.63) is 29.2 Å². The van der Waals surface area contributed by atoms with Crippen LogP contribution in [0.4, 0.5) is 5.13 Å². The van der Waals surface area contributed by atoms with Crippen LogP contribution < -0.4 is 5.73 Å². The number of anilines is 1. The van der Waals surface area contributed by atoms with E-state index < -0.39 is 0 Å². The van der Waals surface area contributed by atoms with Gasteiger partial charge in [-0.05, 0) is 12.1 Å². The van der Waals surface area contributed by atoms with Crippen molar-refractivity contribution < 1.29 is 9.21 Å². The molecule has 8 heteroatoms. The molecule has 1 saturated heterocycles. The van der Waals surface area contributed by atoms with Gasteiger partial charge < -0.3 is 15.1 Å². The number of nitrogens with two attached hydrogens (primary N) is 1. The Kier molecular flexibility index (Phi) is 4.16. The molecular formula is C13H17N5O2S. The highest BCUT2D eigenvalue weighted by Crippen LogP contribution is 2.13. The quantitative estimate of drug-likeness (QED) is 0.895. The molecule has 2 aromatic heterocycles. The Morgan fingerprint density at radius 1 is 1.33 bits per heavy atom. The normalized spacial score (nSPS) is 16.3. The van der Waals surface area contributed by atoms with E-state index in [1.807, 2.05) is 4.90 Å². The van der Waals surface area contributed by atoms with Gasteiger partial charge in [0.25, 0.3) is 5.91 Å². The number of nitrogen functional groups attached to an aromatic ring is 1. The van der Waals surface area contributed by atoms with Crippen molar-refractivity contribution in [2.24, 2.45) is 0 Å². The molecule has 0 saturated carbocycles. The molecule has 1 aliphatic rings. The average Bonchev–Trinajstić information content (AvgIpc) is 3.16. The molecule has 0 aliphatic carbocycles. The van der Waals surface area contributed by atoms with Gasteiger partial charge in [-0.3, -0.25) is 9.69 Å². The highest BCUT2D eigenvalue weighted by Gasteiger charge is 2.23. The first-order valence-electron chi connectivity index (χ1n) is 6.85. The van der Waals surface area contributed by atoms with E-state index in [4.69, 9.17) is 10.2 Å². The minimum atomic E-state index is -0.0310. The molecule has 0 unspecified atom stereocenters. The van der Waals surface area contributed by atoms with Crippen LogP contribution >= 0.6 is 11.3 Å². The summed E-state index contributed by atoms with van der Waals surface area (Å²) in [7, 11) is 0. The number of piperazine rings is 1. The standard InChI is InChI=1S/C13H17N5O2S/c14-13-16-15-11(21-13)3-4-17-5-7-18(8-6-17)12(19)10-2-1-9-20-10/h1-2,9H,3-8H2,(H2,14,16). The molecule has 0 aromatic carbocycles. The Morgan fingerprint density at radius 3 is 2.76 bits per heavy atom. The third kappa shape index (κ3) is 3.40. The van der Waals surface area contributed by atoms with E-state index in [2.05, 4.69) is 15.1 Å². The lowest BCUT2D eigenvalue weighted by molar-refractivity contribution is 0.0607. The number of carbonyl (C=O) groups excluding carboxylic acids is 1. The highest BCUT2D eigenvalue weighted by molar-refractivity contribution is 7.15. The van der Waals surface area contributed by atoms with E-state index in [1.54, 1.807) is 12.1 Å². The van der Waals surface area contributed by atoms with Crippen molar-refractivity contribution in [1.82, 2.24) is 20.0 Å². The Labute approximate surface area is 126 Å². The number of nitrogens with zero attached hydrogens (tertiary/aromatic N) is 4. The number of amides is 1. The molecule has 112 valence electrons. The predicted molar refractivity (Wildman–Crippen MR) is 79.1 cm³/mol. The maximum absolute atomic E-state index is 12.1. The second kappa shape index (κ2) is 6.23. The molecule has 7 nitrogen and oxygen atoms in total. The largest absolute Gasteiger partial charge is 0.459 e. The van der Waals surface area contributed by atoms with Gasteiger partial charge in [0.05, 0.1) is 6.26 Å². The van der Waals surface area contributed by atoms with Crippen LogP contribution in [0.2, 0.25) is 0 Å². The first-order chi connectivity index (χ1) is 10.2. The SMILES string of the molecule is Nc1nnc(CCN2CCN(C(=O)c3ccco3)CC2)s1. The zero-order valence-corrected chi connectivity index (χ0v) is 12.4. The van der Waals surface area contributed by atoms with Gasteiger partial charge in [-0.25, -0.2) is 0 Å². The molecule has 0 radical (unpaired) electrons. The number of rotatable bonds is 4. The second-order valence-electron chi connectivity index (χ2n) is 4.90. The lowest BCUT2D eigenvalue weighted by Crippen LogP contribution is -2.49. The van der Waals surface area contributed by atoms with Gasteiger partial charge in [-0.2, -0.15) is 0 Å². The number of aromatic nitrogens is 2. The summed E-state index contributed by atoms with van der Waals surface area (Å²) in [5, 5.41) is 9.30. The van der Waals surface area contributed by atoms with Crippen molar-refractivity contribution >= 4 is 22.4 Å². The monoisotopic (exact) mass is 307 g/mol. The van der Waals surface area contributed by atoms with Crippen LogP contribution in [0.15, 0.2) is 22.8 Å². The number of hydrogen-bond donors (Lipinski definition) is 1. The van der Waals surface area contributed by atoms with Crippen molar-refractivity contribution in [2.75, 3.05) is 38.5 Å². The second-order valence-corrected chi connectivity index (χ2v) is 5.99. The summed E-state index contributed by atoms with van der Waals surface area (Å²) in [6.07, 6.45) is 2.37. The van der Waals surface area contributed by atoms with Crippen molar-refractivity contribution in [3.8, 4) is 0 Å². The van der Waals surface area contributed by atoms with Crippen LogP contribution in [0.1, 0.15) is 15.6 Å². The van der Waals surface area contributed by atoms with Gasteiger partial charge in [0.2, 0.25) is 5.13 Å². The minimum Gasteiger partial charge on any atom is -0.459 e. The summed E-state index contributed by atoms with van der Waals surface area (Å²) >= 11 is 1.43. The Balaban J connectivity index is 1.45. The summed E-state index contributed by atoms with van der Waals surface area (Å²) in [6.45, 7) is 4.08. The molecule has 1 aliphatic heterocycles. The van der Waals surface area contributed by atoms with E-state index in [1.165, 1.54) is 17.6 Å². The molecule has 0 bridgehead atoms.